The molecule has 1 saturated heterocycles. The molecule has 1 fully saturated rings. The van der Waals surface area contributed by atoms with Crippen molar-refractivity contribution in [1.82, 2.24) is 4.90 Å². The molecule has 8 nitrogen and oxygen atoms in total. The Morgan fingerprint density at radius 3 is 2.18 bits per heavy atom. The molecule has 6 unspecified atom stereocenters. The molecule has 2 N–H and O–H groups in total. The van der Waals surface area contributed by atoms with E-state index < -0.39 is 24.6 Å². The lowest BCUT2D eigenvalue weighted by Gasteiger charge is -2.48. The number of rotatable bonds is 4. The molecule has 39 heavy (non-hydrogen) atoms. The van der Waals surface area contributed by atoms with Gasteiger partial charge in [-0.2, -0.15) is 0 Å². The summed E-state index contributed by atoms with van der Waals surface area (Å²) >= 11 is 0. The van der Waals surface area contributed by atoms with Gasteiger partial charge in [0.15, 0.2) is 6.29 Å². The summed E-state index contributed by atoms with van der Waals surface area (Å²) in [7, 11) is 5.85. The maximum absolute atomic E-state index is 12.9. The summed E-state index contributed by atoms with van der Waals surface area (Å²) < 4.78 is 24.9. The molecule has 0 saturated carbocycles. The number of hydrogen-bond donors (Lipinski definition) is 2. The smallest absolute Gasteiger partial charge is 0.306 e. The third-order valence-electron chi connectivity index (χ3n) is 8.83. The summed E-state index contributed by atoms with van der Waals surface area (Å²) in [5.74, 6) is -0.00228. The third kappa shape index (κ3) is 9.02. The Morgan fingerprint density at radius 1 is 0.949 bits per heavy atom. The fourth-order valence-corrected chi connectivity index (χ4v) is 6.37. The van der Waals surface area contributed by atoms with E-state index in [2.05, 4.69) is 46.7 Å². The normalized spacial score (nSPS) is 44.7. The van der Waals surface area contributed by atoms with Gasteiger partial charge < -0.3 is 34.1 Å². The molecule has 8 heteroatoms. The van der Waals surface area contributed by atoms with E-state index in [9.17, 15) is 15.0 Å². The molecule has 0 spiro atoms. The molecular formula is C31H55NO7. The van der Waals surface area contributed by atoms with Crippen LogP contribution in [-0.2, 0) is 23.7 Å². The molecule has 2 rings (SSSR count). The van der Waals surface area contributed by atoms with E-state index in [0.717, 1.165) is 0 Å². The Hall–Kier alpha value is -1.45. The average molecular weight is 554 g/mol. The first-order valence-electron chi connectivity index (χ1n) is 14.6. The SMILES string of the molecule is CO[C@@H]1[C@@H](OC2OC(C)C(C)C(N(C)C)C2C)[C@@H](C)C[C@@H](C)C(O)/C=C/C(C)=C(/O)C[C@@H](C)OC(=O)C[C@H]1C. The van der Waals surface area contributed by atoms with Gasteiger partial charge in [0, 0.05) is 25.5 Å². The maximum atomic E-state index is 12.9. The summed E-state index contributed by atoms with van der Waals surface area (Å²) in [6.07, 6.45) is 2.13. The fraction of sp³-hybridized carbons (Fsp3) is 0.839. The lowest BCUT2D eigenvalue weighted by Crippen LogP contribution is -2.56. The first kappa shape index (κ1) is 33.8. The molecule has 0 radical (unpaired) electrons. The van der Waals surface area contributed by atoms with Crippen molar-refractivity contribution in [3.63, 3.8) is 0 Å². The second-order valence-electron chi connectivity index (χ2n) is 12.5. The molecule has 2 aliphatic rings. The van der Waals surface area contributed by atoms with E-state index in [1.165, 1.54) is 0 Å². The maximum Gasteiger partial charge on any atom is 0.306 e. The lowest BCUT2D eigenvalue weighted by atomic mass is 9.81. The number of methoxy groups -OCH3 is 1. The number of aliphatic hydroxyl groups excluding tert-OH is 2. The van der Waals surface area contributed by atoms with Crippen molar-refractivity contribution in [3.8, 4) is 0 Å². The summed E-state index contributed by atoms with van der Waals surface area (Å²) in [4.78, 5) is 15.1. The van der Waals surface area contributed by atoms with E-state index in [1.807, 2.05) is 13.8 Å². The summed E-state index contributed by atoms with van der Waals surface area (Å²) in [5, 5.41) is 21.4. The van der Waals surface area contributed by atoms with Crippen LogP contribution in [0.25, 0.3) is 0 Å². The van der Waals surface area contributed by atoms with Crippen LogP contribution in [0.2, 0.25) is 0 Å². The predicted molar refractivity (Wildman–Crippen MR) is 153 cm³/mol. The van der Waals surface area contributed by atoms with Crippen LogP contribution in [0.3, 0.4) is 0 Å². The quantitative estimate of drug-likeness (QED) is 0.464. The molecule has 12 atom stereocenters. The molecule has 226 valence electrons. The summed E-state index contributed by atoms with van der Waals surface area (Å²) in [5.41, 5.74) is 0.639. The number of carbonyl (C=O) groups excluding carboxylic acids is 1. The van der Waals surface area contributed by atoms with Gasteiger partial charge >= 0.3 is 5.97 Å². The van der Waals surface area contributed by atoms with E-state index >= 15 is 0 Å². The molecule has 0 aromatic heterocycles. The van der Waals surface area contributed by atoms with Crippen molar-refractivity contribution < 1.29 is 34.0 Å². The van der Waals surface area contributed by atoms with Crippen molar-refractivity contribution in [2.24, 2.45) is 29.6 Å². The van der Waals surface area contributed by atoms with Crippen molar-refractivity contribution in [3.05, 3.63) is 23.5 Å². The number of ether oxygens (including phenoxy) is 4. The number of nitrogens with zero attached hydrogens (tertiary/aromatic N) is 1. The van der Waals surface area contributed by atoms with Crippen molar-refractivity contribution in [2.45, 2.75) is 118 Å². The standard InChI is InChI=1S/C31H55NO7/c1-17-12-13-25(33)18(2)14-19(3)30(39-31-23(7)28(32(9)10)22(6)24(8)38-31)29(36-11)20(4)15-27(35)37-21(5)16-26(17)34/h12-13,18-25,28-31,33-34H,14-16H2,1-11H3/b13-12+,26-17+/t18-,19+,20-,21-,22?,23?,24?,25?,28?,29+,30+,31?/m1/s1. The summed E-state index contributed by atoms with van der Waals surface area (Å²) in [6, 6.07) is 0.286. The van der Waals surface area contributed by atoms with Gasteiger partial charge in [0.05, 0.1) is 36.6 Å². The third-order valence-corrected chi connectivity index (χ3v) is 8.83. The number of hydrogen-bond acceptors (Lipinski definition) is 8. The molecule has 0 aromatic carbocycles. The minimum atomic E-state index is -0.693. The van der Waals surface area contributed by atoms with Crippen molar-refractivity contribution >= 4 is 5.97 Å². The van der Waals surface area contributed by atoms with Gasteiger partial charge in [-0.1, -0.05) is 46.8 Å². The number of allylic oxidation sites excluding steroid dienone is 2. The first-order chi connectivity index (χ1) is 18.2. The molecule has 0 aliphatic carbocycles. The zero-order valence-corrected chi connectivity index (χ0v) is 26.1. The number of esters is 1. The number of aliphatic hydroxyl groups is 2. The minimum Gasteiger partial charge on any atom is -0.512 e. The fourth-order valence-electron chi connectivity index (χ4n) is 6.37. The molecular weight excluding hydrogens is 498 g/mol. The van der Waals surface area contributed by atoms with Crippen LogP contribution in [0.1, 0.15) is 74.7 Å². The molecule has 0 amide bonds. The Balaban J connectivity index is 2.43. The van der Waals surface area contributed by atoms with Crippen LogP contribution in [-0.4, -0.2) is 85.1 Å². The molecule has 2 aliphatic heterocycles. The largest absolute Gasteiger partial charge is 0.512 e. The number of carbonyl (C=O) groups is 1. The molecule has 0 bridgehead atoms. The lowest BCUT2D eigenvalue weighted by molar-refractivity contribution is -0.282. The van der Waals surface area contributed by atoms with Gasteiger partial charge in [0.25, 0.3) is 0 Å². The highest BCUT2D eigenvalue weighted by atomic mass is 16.7. The summed E-state index contributed by atoms with van der Waals surface area (Å²) in [6.45, 7) is 16.1. The highest BCUT2D eigenvalue weighted by Crippen LogP contribution is 2.37. The van der Waals surface area contributed by atoms with Crippen LogP contribution >= 0.6 is 0 Å². The van der Waals surface area contributed by atoms with Gasteiger partial charge in [0.2, 0.25) is 0 Å². The second-order valence-corrected chi connectivity index (χ2v) is 12.5. The van der Waals surface area contributed by atoms with Gasteiger partial charge in [-0.3, -0.25) is 4.79 Å². The number of cyclic esters (lactones) is 1. The van der Waals surface area contributed by atoms with Crippen LogP contribution in [0.4, 0.5) is 0 Å². The second kappa shape index (κ2) is 15.0. The van der Waals surface area contributed by atoms with Crippen LogP contribution in [0, 0.1) is 29.6 Å². The average Bonchev–Trinajstić information content (AvgIpc) is 2.83. The Bertz CT molecular complexity index is 843. The van der Waals surface area contributed by atoms with Crippen LogP contribution in [0.15, 0.2) is 23.5 Å². The monoisotopic (exact) mass is 553 g/mol. The highest BCUT2D eigenvalue weighted by molar-refractivity contribution is 5.70. The predicted octanol–water partition coefficient (Wildman–Crippen LogP) is 5.11. The Kier molecular flexibility index (Phi) is 13.0. The van der Waals surface area contributed by atoms with Gasteiger partial charge in [-0.05, 0) is 70.5 Å². The molecule has 0 aromatic rings. The first-order valence-corrected chi connectivity index (χ1v) is 14.6. The minimum absolute atomic E-state index is 0.00777. The van der Waals surface area contributed by atoms with Crippen LogP contribution < -0.4 is 0 Å². The zero-order valence-electron chi connectivity index (χ0n) is 26.1. The van der Waals surface area contributed by atoms with E-state index in [1.54, 1.807) is 33.1 Å². The van der Waals surface area contributed by atoms with Crippen molar-refractivity contribution in [1.29, 1.82) is 0 Å². The van der Waals surface area contributed by atoms with Gasteiger partial charge in [0.1, 0.15) is 6.10 Å². The Labute approximate surface area is 236 Å². The van der Waals surface area contributed by atoms with Gasteiger partial charge in [-0.25, -0.2) is 0 Å². The highest BCUT2D eigenvalue weighted by Gasteiger charge is 2.44. The Morgan fingerprint density at radius 2 is 1.59 bits per heavy atom. The van der Waals surface area contributed by atoms with E-state index in [4.69, 9.17) is 18.9 Å². The van der Waals surface area contributed by atoms with E-state index in [0.29, 0.717) is 17.9 Å². The zero-order chi connectivity index (χ0) is 29.6. The van der Waals surface area contributed by atoms with Gasteiger partial charge in [-0.15, -0.1) is 0 Å². The van der Waals surface area contributed by atoms with Crippen molar-refractivity contribution in [2.75, 3.05) is 21.2 Å². The van der Waals surface area contributed by atoms with E-state index in [-0.39, 0.29) is 66.5 Å². The molecule has 2 heterocycles. The topological polar surface area (TPSA) is 97.7 Å². The van der Waals surface area contributed by atoms with Crippen LogP contribution in [0.5, 0.6) is 0 Å².